The Kier molecular flexibility index (Phi) is 8.46. The van der Waals surface area contributed by atoms with Gasteiger partial charge in [-0.25, -0.2) is 9.59 Å². The minimum absolute atomic E-state index is 0.00843. The molecule has 3 rings (SSSR count). The number of methoxy groups -OCH3 is 2. The number of ether oxygens (including phenoxy) is 3. The van der Waals surface area contributed by atoms with Crippen LogP contribution in [0.4, 0.5) is 41.6 Å². The SMILES string of the molecule is CCOC(=O)N1c2cc(OC)c(O)cc2[C@@H](N(Cc2cc(C(F)(F)F)cc(C(F)(F)F)c2)C(=O)OC)C[C@H]1C. The van der Waals surface area contributed by atoms with Crippen molar-refractivity contribution in [2.75, 3.05) is 25.7 Å². The van der Waals surface area contributed by atoms with Crippen LogP contribution >= 0.6 is 0 Å². The highest BCUT2D eigenvalue weighted by Gasteiger charge is 2.41. The van der Waals surface area contributed by atoms with Gasteiger partial charge in [0.1, 0.15) is 0 Å². The number of hydrogen-bond donors (Lipinski definition) is 1. The van der Waals surface area contributed by atoms with Crippen LogP contribution in [0, 0.1) is 0 Å². The van der Waals surface area contributed by atoms with E-state index in [1.54, 1.807) is 13.8 Å². The summed E-state index contributed by atoms with van der Waals surface area (Å²) >= 11 is 0. The van der Waals surface area contributed by atoms with E-state index in [1.807, 2.05) is 0 Å². The summed E-state index contributed by atoms with van der Waals surface area (Å²) in [5.41, 5.74) is -3.19. The molecule has 0 saturated heterocycles. The fourth-order valence-corrected chi connectivity index (χ4v) is 4.50. The minimum Gasteiger partial charge on any atom is -0.504 e. The number of alkyl halides is 6. The molecule has 0 aromatic heterocycles. The van der Waals surface area contributed by atoms with Crippen molar-refractivity contribution >= 4 is 17.9 Å². The minimum atomic E-state index is -5.08. The Labute approximate surface area is 219 Å². The largest absolute Gasteiger partial charge is 0.504 e. The quantitative estimate of drug-likeness (QED) is 0.417. The molecule has 0 unspecified atom stereocenters. The standard InChI is InChI=1S/C25H26F6N2O6/c1-5-39-23(36)33-13(2)6-18(17-10-20(34)21(37-3)11-19(17)33)32(22(35)38-4)12-14-7-15(24(26,27)28)9-16(8-14)25(29,30)31/h7-11,13,18,34H,5-6,12H2,1-4H3/t13-,18+/m1/s1. The van der Waals surface area contributed by atoms with E-state index < -0.39 is 59.9 Å². The van der Waals surface area contributed by atoms with E-state index in [-0.39, 0.29) is 41.8 Å². The van der Waals surface area contributed by atoms with Crippen molar-refractivity contribution in [1.82, 2.24) is 4.90 Å². The van der Waals surface area contributed by atoms with E-state index in [0.29, 0.717) is 12.1 Å². The van der Waals surface area contributed by atoms with Crippen molar-refractivity contribution < 1.29 is 55.2 Å². The molecule has 1 N–H and O–H groups in total. The summed E-state index contributed by atoms with van der Waals surface area (Å²) in [5, 5.41) is 10.5. The fourth-order valence-electron chi connectivity index (χ4n) is 4.50. The average molecular weight is 564 g/mol. The molecule has 39 heavy (non-hydrogen) atoms. The highest BCUT2D eigenvalue weighted by molar-refractivity contribution is 5.91. The maximum Gasteiger partial charge on any atom is 0.416 e. The molecule has 1 aliphatic rings. The number of phenols is 1. The Balaban J connectivity index is 2.18. The third-order valence-electron chi connectivity index (χ3n) is 6.20. The first kappa shape index (κ1) is 29.7. The highest BCUT2D eigenvalue weighted by atomic mass is 19.4. The van der Waals surface area contributed by atoms with Gasteiger partial charge in [0.15, 0.2) is 11.5 Å². The van der Waals surface area contributed by atoms with Crippen molar-refractivity contribution in [3.05, 3.63) is 52.6 Å². The van der Waals surface area contributed by atoms with Gasteiger partial charge in [0.25, 0.3) is 0 Å². The molecule has 2 amide bonds. The van der Waals surface area contributed by atoms with Gasteiger partial charge in [0.2, 0.25) is 0 Å². The lowest BCUT2D eigenvalue weighted by Crippen LogP contribution is -2.47. The number of amides is 2. The van der Waals surface area contributed by atoms with Crippen LogP contribution in [-0.4, -0.2) is 49.1 Å². The highest BCUT2D eigenvalue weighted by Crippen LogP contribution is 2.46. The molecular formula is C25H26F6N2O6. The Morgan fingerprint density at radius 2 is 1.62 bits per heavy atom. The van der Waals surface area contributed by atoms with Gasteiger partial charge in [-0.1, -0.05) is 0 Å². The smallest absolute Gasteiger partial charge is 0.416 e. The van der Waals surface area contributed by atoms with Crippen LogP contribution in [0.5, 0.6) is 11.5 Å². The van der Waals surface area contributed by atoms with E-state index in [0.717, 1.165) is 12.0 Å². The van der Waals surface area contributed by atoms with Gasteiger partial charge in [-0.2, -0.15) is 26.3 Å². The van der Waals surface area contributed by atoms with Crippen LogP contribution in [0.2, 0.25) is 0 Å². The van der Waals surface area contributed by atoms with Crippen molar-refractivity contribution in [1.29, 1.82) is 0 Å². The first-order chi connectivity index (χ1) is 18.1. The van der Waals surface area contributed by atoms with Crippen LogP contribution in [0.3, 0.4) is 0 Å². The Morgan fingerprint density at radius 1 is 1.03 bits per heavy atom. The number of phenolic OH excluding ortho intramolecular Hbond substituents is 1. The number of halogens is 6. The lowest BCUT2D eigenvalue weighted by Gasteiger charge is -2.42. The third kappa shape index (κ3) is 6.25. The molecule has 214 valence electrons. The van der Waals surface area contributed by atoms with Crippen molar-refractivity contribution in [3.63, 3.8) is 0 Å². The second-order valence-electron chi connectivity index (χ2n) is 8.76. The number of fused-ring (bicyclic) bond motifs is 1. The molecule has 2 atom stereocenters. The van der Waals surface area contributed by atoms with E-state index in [1.165, 1.54) is 24.1 Å². The van der Waals surface area contributed by atoms with E-state index >= 15 is 0 Å². The van der Waals surface area contributed by atoms with Gasteiger partial charge in [0.05, 0.1) is 43.7 Å². The van der Waals surface area contributed by atoms with Gasteiger partial charge in [-0.05, 0) is 50.1 Å². The maximum atomic E-state index is 13.4. The molecule has 0 bridgehead atoms. The molecule has 0 spiro atoms. The predicted molar refractivity (Wildman–Crippen MR) is 125 cm³/mol. The van der Waals surface area contributed by atoms with Gasteiger partial charge in [0, 0.05) is 24.2 Å². The molecule has 0 fully saturated rings. The normalized spacial score (nSPS) is 17.3. The number of hydrogen-bond acceptors (Lipinski definition) is 6. The molecule has 2 aromatic rings. The predicted octanol–water partition coefficient (Wildman–Crippen LogP) is 6.50. The fraction of sp³-hybridized carbons (Fsp3) is 0.440. The summed E-state index contributed by atoms with van der Waals surface area (Å²) in [4.78, 5) is 27.9. The molecule has 8 nitrogen and oxygen atoms in total. The summed E-state index contributed by atoms with van der Waals surface area (Å²) in [7, 11) is 2.28. The van der Waals surface area contributed by atoms with Crippen LogP contribution in [-0.2, 0) is 28.4 Å². The average Bonchev–Trinajstić information content (AvgIpc) is 2.85. The first-order valence-electron chi connectivity index (χ1n) is 11.6. The molecular weight excluding hydrogens is 538 g/mol. The summed E-state index contributed by atoms with van der Waals surface area (Å²) < 4.78 is 95.7. The number of carbonyl (C=O) groups excluding carboxylic acids is 2. The van der Waals surface area contributed by atoms with E-state index in [4.69, 9.17) is 14.2 Å². The van der Waals surface area contributed by atoms with Gasteiger partial charge in [-0.15, -0.1) is 0 Å². The second-order valence-corrected chi connectivity index (χ2v) is 8.76. The van der Waals surface area contributed by atoms with E-state index in [2.05, 4.69) is 0 Å². The molecule has 1 aliphatic heterocycles. The number of benzene rings is 2. The van der Waals surface area contributed by atoms with Crippen molar-refractivity contribution in [2.45, 2.75) is 51.2 Å². The Bertz CT molecular complexity index is 1200. The Morgan fingerprint density at radius 3 is 2.10 bits per heavy atom. The lowest BCUT2D eigenvalue weighted by atomic mass is 9.90. The zero-order valence-electron chi connectivity index (χ0n) is 21.3. The van der Waals surface area contributed by atoms with Crippen molar-refractivity contribution in [3.8, 4) is 11.5 Å². The summed E-state index contributed by atoms with van der Waals surface area (Å²) in [6, 6.07) is 1.88. The molecule has 0 aliphatic carbocycles. The van der Waals surface area contributed by atoms with Crippen LogP contribution in [0.25, 0.3) is 0 Å². The number of carbonyl (C=O) groups is 2. The molecule has 0 saturated carbocycles. The number of rotatable bonds is 5. The van der Waals surface area contributed by atoms with E-state index in [9.17, 15) is 41.0 Å². The van der Waals surface area contributed by atoms with Gasteiger partial charge in [-0.3, -0.25) is 9.80 Å². The van der Waals surface area contributed by atoms with Gasteiger partial charge < -0.3 is 19.3 Å². The Hall–Kier alpha value is -3.84. The topological polar surface area (TPSA) is 88.5 Å². The zero-order chi connectivity index (χ0) is 29.3. The van der Waals surface area contributed by atoms with Gasteiger partial charge >= 0.3 is 24.5 Å². The first-order valence-corrected chi connectivity index (χ1v) is 11.6. The summed E-state index contributed by atoms with van der Waals surface area (Å²) in [6.07, 6.45) is -12.0. The molecule has 0 radical (unpaired) electrons. The van der Waals surface area contributed by atoms with Crippen LogP contribution in [0.1, 0.15) is 48.6 Å². The summed E-state index contributed by atoms with van der Waals surface area (Å²) in [6.45, 7) is 2.55. The molecule has 14 heteroatoms. The second kappa shape index (κ2) is 11.1. The number of anilines is 1. The number of nitrogens with zero attached hydrogens (tertiary/aromatic N) is 2. The third-order valence-corrected chi connectivity index (χ3v) is 6.20. The molecule has 1 heterocycles. The zero-order valence-corrected chi connectivity index (χ0v) is 21.3. The van der Waals surface area contributed by atoms with Crippen molar-refractivity contribution in [2.24, 2.45) is 0 Å². The molecule has 2 aromatic carbocycles. The van der Waals surface area contributed by atoms with Crippen LogP contribution in [0.15, 0.2) is 30.3 Å². The lowest BCUT2D eigenvalue weighted by molar-refractivity contribution is -0.143. The van der Waals surface area contributed by atoms with Crippen LogP contribution < -0.4 is 9.64 Å². The summed E-state index contributed by atoms with van der Waals surface area (Å²) in [5.74, 6) is -0.393. The maximum absolute atomic E-state index is 13.4. The number of aromatic hydroxyl groups is 1. The monoisotopic (exact) mass is 564 g/mol.